The normalized spacial score (nSPS) is 11.8. The fraction of sp³-hybridized carbons (Fsp3) is 0.385. The molecule has 0 unspecified atom stereocenters. The highest BCUT2D eigenvalue weighted by Crippen LogP contribution is 2.14. The van der Waals surface area contributed by atoms with Crippen molar-refractivity contribution in [3.8, 4) is 0 Å². The van der Waals surface area contributed by atoms with Gasteiger partial charge in [-0.05, 0) is 44.0 Å². The number of nitrogens with zero attached hydrogens (tertiary/aromatic N) is 1. The first-order valence-electron chi connectivity index (χ1n) is 5.50. The average Bonchev–Trinajstić information content (AvgIpc) is 2.25. The molecule has 0 aliphatic carbocycles. The second kappa shape index (κ2) is 5.48. The monoisotopic (exact) mass is 234 g/mol. The summed E-state index contributed by atoms with van der Waals surface area (Å²) in [7, 11) is 1.58. The molecule has 0 aliphatic heterocycles. The molecule has 0 heterocycles. The van der Waals surface area contributed by atoms with Gasteiger partial charge in [0.05, 0.1) is 0 Å². The Morgan fingerprint density at radius 1 is 1.29 bits per heavy atom. The number of hydrogen-bond donors (Lipinski definition) is 1. The average molecular weight is 234 g/mol. The van der Waals surface area contributed by atoms with E-state index in [2.05, 4.69) is 5.32 Å². The Morgan fingerprint density at radius 2 is 1.82 bits per heavy atom. The molecular formula is C13H18N2O2. The van der Waals surface area contributed by atoms with Crippen LogP contribution in [0.5, 0.6) is 0 Å². The molecule has 17 heavy (non-hydrogen) atoms. The summed E-state index contributed by atoms with van der Waals surface area (Å²) in [4.78, 5) is 23.7. The van der Waals surface area contributed by atoms with Crippen molar-refractivity contribution >= 4 is 18.0 Å². The third-order valence-electron chi connectivity index (χ3n) is 2.65. The van der Waals surface area contributed by atoms with Crippen LogP contribution in [0, 0.1) is 13.8 Å². The predicted octanol–water partition coefficient (Wildman–Crippen LogP) is 1.72. The van der Waals surface area contributed by atoms with E-state index in [0.717, 1.165) is 16.8 Å². The van der Waals surface area contributed by atoms with E-state index in [0.29, 0.717) is 6.41 Å². The third-order valence-corrected chi connectivity index (χ3v) is 2.65. The zero-order valence-corrected chi connectivity index (χ0v) is 10.7. The Bertz CT molecular complexity index is 409. The third kappa shape index (κ3) is 3.59. The lowest BCUT2D eigenvalue weighted by Gasteiger charge is -2.19. The standard InChI is InChI=1S/C13H18N2O2/c1-9-5-10(2)7-12(6-9)14-13(17)11(3)15(4)8-16/h5-8,11H,1-4H3,(H,14,17)/t11-/m0/s1. The number of nitrogens with one attached hydrogen (secondary N) is 1. The van der Waals surface area contributed by atoms with Gasteiger partial charge in [0.1, 0.15) is 6.04 Å². The second-order valence-corrected chi connectivity index (χ2v) is 4.31. The van der Waals surface area contributed by atoms with Gasteiger partial charge in [0, 0.05) is 12.7 Å². The number of likely N-dealkylation sites (N-methyl/N-ethyl adjacent to an activating group) is 1. The molecule has 0 fully saturated rings. The van der Waals surface area contributed by atoms with Crippen LogP contribution in [0.1, 0.15) is 18.1 Å². The van der Waals surface area contributed by atoms with Crippen LogP contribution in [0.15, 0.2) is 18.2 Å². The molecule has 1 rings (SSSR count). The first-order chi connectivity index (χ1) is 7.93. The summed E-state index contributed by atoms with van der Waals surface area (Å²) in [5, 5.41) is 2.80. The van der Waals surface area contributed by atoms with Crippen molar-refractivity contribution in [3.63, 3.8) is 0 Å². The topological polar surface area (TPSA) is 49.4 Å². The summed E-state index contributed by atoms with van der Waals surface area (Å²) >= 11 is 0. The molecule has 0 spiro atoms. The van der Waals surface area contributed by atoms with Gasteiger partial charge in [-0.1, -0.05) is 6.07 Å². The smallest absolute Gasteiger partial charge is 0.246 e. The van der Waals surface area contributed by atoms with Crippen molar-refractivity contribution in [2.24, 2.45) is 0 Å². The van der Waals surface area contributed by atoms with E-state index in [1.54, 1.807) is 14.0 Å². The molecule has 4 heteroatoms. The molecule has 1 aromatic rings. The summed E-state index contributed by atoms with van der Waals surface area (Å²) < 4.78 is 0. The van der Waals surface area contributed by atoms with Crippen LogP contribution < -0.4 is 5.32 Å². The number of carbonyl (C=O) groups excluding carboxylic acids is 2. The molecule has 1 N–H and O–H groups in total. The Balaban J connectivity index is 2.77. The fourth-order valence-corrected chi connectivity index (χ4v) is 1.57. The molecule has 0 saturated carbocycles. The lowest BCUT2D eigenvalue weighted by molar-refractivity contribution is -0.127. The SMILES string of the molecule is Cc1cc(C)cc(NC(=O)[C@H](C)N(C)C=O)c1. The summed E-state index contributed by atoms with van der Waals surface area (Å²) in [5.74, 6) is -0.190. The number of carbonyl (C=O) groups is 2. The Labute approximate surface area is 102 Å². The quantitative estimate of drug-likeness (QED) is 0.806. The highest BCUT2D eigenvalue weighted by molar-refractivity contribution is 5.95. The highest BCUT2D eigenvalue weighted by atomic mass is 16.2. The summed E-state index contributed by atoms with van der Waals surface area (Å²) in [6.45, 7) is 5.64. The lowest BCUT2D eigenvalue weighted by atomic mass is 10.1. The van der Waals surface area contributed by atoms with Crippen molar-refractivity contribution in [1.82, 2.24) is 4.90 Å². The van der Waals surface area contributed by atoms with Crippen molar-refractivity contribution in [2.45, 2.75) is 26.8 Å². The minimum absolute atomic E-state index is 0.190. The maximum atomic E-state index is 11.8. The Morgan fingerprint density at radius 3 is 2.29 bits per heavy atom. The van der Waals surface area contributed by atoms with Crippen LogP contribution >= 0.6 is 0 Å². The number of hydrogen-bond acceptors (Lipinski definition) is 2. The molecule has 0 aromatic heterocycles. The molecule has 1 aromatic carbocycles. The van der Waals surface area contributed by atoms with Crippen molar-refractivity contribution < 1.29 is 9.59 Å². The Hall–Kier alpha value is -1.84. The summed E-state index contributed by atoms with van der Waals surface area (Å²) in [5.41, 5.74) is 2.95. The summed E-state index contributed by atoms with van der Waals surface area (Å²) in [6.07, 6.45) is 0.645. The number of aryl methyl sites for hydroxylation is 2. The molecule has 0 saturated heterocycles. The van der Waals surface area contributed by atoms with Gasteiger partial charge in [0.25, 0.3) is 0 Å². The Kier molecular flexibility index (Phi) is 4.26. The van der Waals surface area contributed by atoms with Gasteiger partial charge in [-0.3, -0.25) is 9.59 Å². The van der Waals surface area contributed by atoms with Gasteiger partial charge in [-0.2, -0.15) is 0 Å². The van der Waals surface area contributed by atoms with Crippen LogP contribution in [-0.2, 0) is 9.59 Å². The number of amides is 2. The van der Waals surface area contributed by atoms with Crippen molar-refractivity contribution in [2.75, 3.05) is 12.4 Å². The van der Waals surface area contributed by atoms with Crippen LogP contribution in [-0.4, -0.2) is 30.3 Å². The molecule has 2 amide bonds. The van der Waals surface area contributed by atoms with Gasteiger partial charge < -0.3 is 10.2 Å². The van der Waals surface area contributed by atoms with E-state index in [1.165, 1.54) is 4.90 Å². The second-order valence-electron chi connectivity index (χ2n) is 4.31. The maximum Gasteiger partial charge on any atom is 0.246 e. The largest absolute Gasteiger partial charge is 0.337 e. The van der Waals surface area contributed by atoms with Crippen molar-refractivity contribution in [1.29, 1.82) is 0 Å². The van der Waals surface area contributed by atoms with E-state index in [1.807, 2.05) is 32.0 Å². The zero-order chi connectivity index (χ0) is 13.0. The number of rotatable bonds is 4. The van der Waals surface area contributed by atoms with Gasteiger partial charge in [0.15, 0.2) is 0 Å². The van der Waals surface area contributed by atoms with Gasteiger partial charge in [0.2, 0.25) is 12.3 Å². The fourth-order valence-electron chi connectivity index (χ4n) is 1.57. The molecule has 92 valence electrons. The number of benzene rings is 1. The first kappa shape index (κ1) is 13.2. The molecule has 0 radical (unpaired) electrons. The minimum atomic E-state index is -0.478. The molecule has 0 aliphatic rings. The first-order valence-corrected chi connectivity index (χ1v) is 5.50. The predicted molar refractivity (Wildman–Crippen MR) is 67.8 cm³/mol. The van der Waals surface area contributed by atoms with E-state index >= 15 is 0 Å². The zero-order valence-electron chi connectivity index (χ0n) is 10.7. The van der Waals surface area contributed by atoms with Crippen LogP contribution in [0.25, 0.3) is 0 Å². The molecular weight excluding hydrogens is 216 g/mol. The molecule has 4 nitrogen and oxygen atoms in total. The van der Waals surface area contributed by atoms with Crippen LogP contribution in [0.2, 0.25) is 0 Å². The summed E-state index contributed by atoms with van der Waals surface area (Å²) in [6, 6.07) is 5.36. The van der Waals surface area contributed by atoms with Gasteiger partial charge in [-0.25, -0.2) is 0 Å². The maximum absolute atomic E-state index is 11.8. The van der Waals surface area contributed by atoms with Gasteiger partial charge >= 0.3 is 0 Å². The minimum Gasteiger partial charge on any atom is -0.337 e. The van der Waals surface area contributed by atoms with Gasteiger partial charge in [-0.15, -0.1) is 0 Å². The van der Waals surface area contributed by atoms with E-state index in [9.17, 15) is 9.59 Å². The molecule has 1 atom stereocenters. The lowest BCUT2D eigenvalue weighted by Crippen LogP contribution is -2.38. The molecule has 0 bridgehead atoms. The van der Waals surface area contributed by atoms with Crippen LogP contribution in [0.3, 0.4) is 0 Å². The van der Waals surface area contributed by atoms with Crippen molar-refractivity contribution in [3.05, 3.63) is 29.3 Å². The van der Waals surface area contributed by atoms with E-state index in [4.69, 9.17) is 0 Å². The van der Waals surface area contributed by atoms with E-state index < -0.39 is 6.04 Å². The van der Waals surface area contributed by atoms with Crippen LogP contribution in [0.4, 0.5) is 5.69 Å². The van der Waals surface area contributed by atoms with E-state index in [-0.39, 0.29) is 5.91 Å². The highest BCUT2D eigenvalue weighted by Gasteiger charge is 2.16. The number of anilines is 1.